The van der Waals surface area contributed by atoms with E-state index in [0.29, 0.717) is 50.3 Å². The Balaban J connectivity index is 1.17. The second-order valence-corrected chi connectivity index (χ2v) is 13.7. The van der Waals surface area contributed by atoms with Crippen molar-refractivity contribution >= 4 is 45.9 Å². The minimum atomic E-state index is -0.961. The van der Waals surface area contributed by atoms with Gasteiger partial charge in [-0.05, 0) is 111 Å². The molecule has 0 atom stereocenters. The van der Waals surface area contributed by atoms with Crippen LogP contribution in [-0.2, 0) is 11.2 Å². The number of fused-ring (bicyclic) bond motifs is 9. The molecule has 0 saturated carbocycles. The van der Waals surface area contributed by atoms with Crippen LogP contribution in [0.1, 0.15) is 27.9 Å². The zero-order valence-corrected chi connectivity index (χ0v) is 29.8. The highest BCUT2D eigenvalue weighted by molar-refractivity contribution is 6.35. The molecule has 0 saturated heterocycles. The molecule has 2 N–H and O–H groups in total. The lowest BCUT2D eigenvalue weighted by atomic mass is 9.88. The van der Waals surface area contributed by atoms with Crippen LogP contribution in [0.4, 0.5) is 4.39 Å². The summed E-state index contributed by atoms with van der Waals surface area (Å²) in [5, 5.41) is 18.8. The third-order valence-electron chi connectivity index (χ3n) is 9.48. The van der Waals surface area contributed by atoms with Gasteiger partial charge in [-0.3, -0.25) is 9.59 Å². The summed E-state index contributed by atoms with van der Waals surface area (Å²) in [7, 11) is 1.62. The molecule has 262 valence electrons. The fraction of sp³-hybridized carbons (Fsp3) is 0.0930. The van der Waals surface area contributed by atoms with Crippen molar-refractivity contribution in [1.82, 2.24) is 15.1 Å². The molecule has 0 fully saturated rings. The normalized spacial score (nSPS) is 11.5. The molecule has 0 aliphatic carbocycles. The van der Waals surface area contributed by atoms with Gasteiger partial charge in [0.15, 0.2) is 5.82 Å². The van der Waals surface area contributed by atoms with Crippen LogP contribution in [-0.4, -0.2) is 40.4 Å². The fourth-order valence-corrected chi connectivity index (χ4v) is 7.45. The summed E-state index contributed by atoms with van der Waals surface area (Å²) in [5.74, 6) is -1.05. The summed E-state index contributed by atoms with van der Waals surface area (Å²) < 4.78 is 24.1. The highest BCUT2D eigenvalue weighted by Crippen LogP contribution is 2.48. The Labute approximate surface area is 314 Å². The van der Waals surface area contributed by atoms with E-state index < -0.39 is 11.8 Å². The summed E-state index contributed by atoms with van der Waals surface area (Å²) in [6.45, 7) is 0.0751. The number of aliphatic carboxylic acids is 1. The first-order valence-corrected chi connectivity index (χ1v) is 17.6. The number of amides is 1. The summed E-state index contributed by atoms with van der Waals surface area (Å²) in [6.07, 6.45) is 0.529. The van der Waals surface area contributed by atoms with Gasteiger partial charge in [0.1, 0.15) is 17.1 Å². The van der Waals surface area contributed by atoms with Crippen molar-refractivity contribution < 1.29 is 23.8 Å². The second-order valence-electron chi connectivity index (χ2n) is 12.9. The topological polar surface area (TPSA) is 93.5 Å². The van der Waals surface area contributed by atoms with Crippen molar-refractivity contribution in [1.29, 1.82) is 0 Å². The number of carbonyl (C=O) groups is 2. The van der Waals surface area contributed by atoms with Crippen molar-refractivity contribution in [3.63, 3.8) is 0 Å². The van der Waals surface area contributed by atoms with E-state index in [1.54, 1.807) is 42.1 Å². The molecule has 2 bridgehead atoms. The molecule has 8 rings (SSSR count). The number of rotatable bonds is 9. The molecule has 53 heavy (non-hydrogen) atoms. The fourth-order valence-electron chi connectivity index (χ4n) is 6.93. The van der Waals surface area contributed by atoms with Crippen LogP contribution in [0.3, 0.4) is 0 Å². The van der Waals surface area contributed by atoms with Gasteiger partial charge in [0, 0.05) is 33.3 Å². The Hall–Kier alpha value is -5.96. The smallest absolute Gasteiger partial charge is 0.305 e. The Bertz CT molecular complexity index is 2560. The highest BCUT2D eigenvalue weighted by atomic mass is 35.5. The molecule has 2 heterocycles. The number of hydrogen-bond donors (Lipinski definition) is 2. The average Bonchev–Trinajstić information content (AvgIpc) is 3.45. The molecule has 7 aromatic rings. The van der Waals surface area contributed by atoms with Crippen LogP contribution in [0.2, 0.25) is 10.0 Å². The Morgan fingerprint density at radius 2 is 1.49 bits per heavy atom. The molecule has 1 amide bonds. The molecule has 7 nitrogen and oxygen atoms in total. The van der Waals surface area contributed by atoms with E-state index in [1.807, 2.05) is 54.6 Å². The van der Waals surface area contributed by atoms with Gasteiger partial charge in [-0.15, -0.1) is 0 Å². The van der Waals surface area contributed by atoms with Gasteiger partial charge in [-0.1, -0.05) is 77.8 Å². The van der Waals surface area contributed by atoms with E-state index in [2.05, 4.69) is 35.6 Å². The van der Waals surface area contributed by atoms with Crippen LogP contribution in [0, 0.1) is 5.82 Å². The number of benzene rings is 6. The van der Waals surface area contributed by atoms with Gasteiger partial charge in [0.05, 0.1) is 19.2 Å². The summed E-state index contributed by atoms with van der Waals surface area (Å²) in [5.41, 5.74) is 8.79. The van der Waals surface area contributed by atoms with Crippen molar-refractivity contribution in [2.24, 2.45) is 0 Å². The molecule has 0 radical (unpaired) electrons. The number of halogens is 3. The summed E-state index contributed by atoms with van der Waals surface area (Å²) >= 11 is 12.7. The molecular formula is C43H30Cl2FN3O4. The third kappa shape index (κ3) is 6.52. The zero-order chi connectivity index (χ0) is 36.8. The Morgan fingerprint density at radius 1 is 0.792 bits per heavy atom. The van der Waals surface area contributed by atoms with Gasteiger partial charge in [0.2, 0.25) is 0 Å². The zero-order valence-electron chi connectivity index (χ0n) is 28.3. The molecule has 10 heteroatoms. The molecule has 6 aromatic carbocycles. The predicted molar refractivity (Wildman–Crippen MR) is 207 cm³/mol. The van der Waals surface area contributed by atoms with Gasteiger partial charge >= 0.3 is 5.97 Å². The number of carbonyl (C=O) groups excluding carboxylic acids is 1. The number of nitrogens with one attached hydrogen (secondary N) is 1. The van der Waals surface area contributed by atoms with Crippen molar-refractivity contribution in [2.75, 3.05) is 13.7 Å². The molecule has 1 aliphatic rings. The SMILES string of the molecule is COc1ccc2c3c(ccc2c1)-c1cc(ccc1-c1ccc(Cc2ccc(C(=O)NCCC(=O)O)cc2)cc1)-n1nc(-c2cc(Cl)cc(Cl)c2)c(F)c1-3. The largest absolute Gasteiger partial charge is 0.497 e. The maximum Gasteiger partial charge on any atom is 0.305 e. The van der Waals surface area contributed by atoms with Crippen LogP contribution in [0.15, 0.2) is 115 Å². The van der Waals surface area contributed by atoms with Gasteiger partial charge in [-0.2, -0.15) is 5.10 Å². The first-order valence-electron chi connectivity index (χ1n) is 16.9. The van der Waals surface area contributed by atoms with Crippen molar-refractivity contribution in [2.45, 2.75) is 12.8 Å². The van der Waals surface area contributed by atoms with Gasteiger partial charge in [-0.25, -0.2) is 9.07 Å². The van der Waals surface area contributed by atoms with Crippen LogP contribution >= 0.6 is 23.2 Å². The lowest BCUT2D eigenvalue weighted by Crippen LogP contribution is -2.25. The monoisotopic (exact) mass is 741 g/mol. The van der Waals surface area contributed by atoms with E-state index in [9.17, 15) is 9.59 Å². The maximum atomic E-state index is 16.9. The van der Waals surface area contributed by atoms with E-state index in [-0.39, 0.29) is 24.6 Å². The lowest BCUT2D eigenvalue weighted by Gasteiger charge is -2.15. The molecule has 0 unspecified atom stereocenters. The van der Waals surface area contributed by atoms with E-state index in [0.717, 1.165) is 44.2 Å². The van der Waals surface area contributed by atoms with Crippen LogP contribution in [0.5, 0.6) is 5.75 Å². The van der Waals surface area contributed by atoms with E-state index in [1.165, 1.54) is 0 Å². The number of aromatic nitrogens is 2. The van der Waals surface area contributed by atoms with Crippen molar-refractivity contribution in [3.8, 4) is 56.2 Å². The summed E-state index contributed by atoms with van der Waals surface area (Å²) in [4.78, 5) is 23.1. The highest BCUT2D eigenvalue weighted by Gasteiger charge is 2.30. The molecule has 1 aliphatic heterocycles. The first-order chi connectivity index (χ1) is 25.7. The quantitative estimate of drug-likeness (QED) is 0.154. The Kier molecular flexibility index (Phi) is 8.94. The molecule has 0 spiro atoms. The lowest BCUT2D eigenvalue weighted by molar-refractivity contribution is -0.136. The van der Waals surface area contributed by atoms with E-state index in [4.69, 9.17) is 38.1 Å². The van der Waals surface area contributed by atoms with Crippen LogP contribution in [0.25, 0.3) is 61.2 Å². The van der Waals surface area contributed by atoms with Gasteiger partial charge in [0.25, 0.3) is 5.91 Å². The average molecular weight is 743 g/mol. The summed E-state index contributed by atoms with van der Waals surface area (Å²) in [6, 6.07) is 36.4. The van der Waals surface area contributed by atoms with Crippen molar-refractivity contribution in [3.05, 3.63) is 148 Å². The standard InChI is InChI=1S/C43H30Cl2FN3O4/c1-53-33-12-15-35-28(21-33)10-13-36-37-23-32(49-42(39(35)36)40(46)41(48-49)29-19-30(44)22-31(45)20-29)11-14-34(37)26-6-2-24(3-7-26)18-25-4-8-27(9-5-25)43(52)47-17-16-38(50)51/h2-15,19-23H,16-18H2,1H3,(H,47,52)(H,50,51). The minimum absolute atomic E-state index is 0.0751. The van der Waals surface area contributed by atoms with E-state index >= 15 is 4.39 Å². The number of hydrogen-bond acceptors (Lipinski definition) is 4. The number of carboxylic acid groups (broad SMARTS) is 1. The number of carboxylic acids is 1. The molecular weight excluding hydrogens is 712 g/mol. The van der Waals surface area contributed by atoms with Gasteiger partial charge < -0.3 is 15.2 Å². The minimum Gasteiger partial charge on any atom is -0.497 e. The third-order valence-corrected chi connectivity index (χ3v) is 9.92. The number of ether oxygens (including phenoxy) is 1. The first kappa shape index (κ1) is 34.1. The predicted octanol–water partition coefficient (Wildman–Crippen LogP) is 10.3. The second kappa shape index (κ2) is 13.9. The number of methoxy groups -OCH3 is 1. The number of nitrogens with zero attached hydrogens (tertiary/aromatic N) is 2. The maximum absolute atomic E-state index is 16.9. The molecule has 1 aromatic heterocycles. The Morgan fingerprint density at radius 3 is 2.19 bits per heavy atom. The van der Waals surface area contributed by atoms with Crippen LogP contribution < -0.4 is 10.1 Å².